The smallest absolute Gasteiger partial charge is 0.0436 e. The minimum absolute atomic E-state index is 0.277. The van der Waals surface area contributed by atoms with E-state index in [4.69, 9.17) is 0 Å². The Hall–Kier alpha value is -0.560. The molecule has 0 aliphatic heterocycles. The molecule has 0 amide bonds. The Bertz CT molecular complexity index is 588. The van der Waals surface area contributed by atoms with Gasteiger partial charge in [0.1, 0.15) is 0 Å². The maximum Gasteiger partial charge on any atom is 0.0436 e. The number of aliphatic hydroxyl groups is 1. The molecule has 1 N–H and O–H groups in total. The van der Waals surface area contributed by atoms with Gasteiger partial charge in [0.2, 0.25) is 0 Å². The fraction of sp³-hybridized carbons (Fsp3) is 0.907. The second-order valence-corrected chi connectivity index (χ2v) is 15.0. The van der Waals surface area contributed by atoms with Crippen molar-refractivity contribution < 1.29 is 5.11 Å². The molecule has 0 spiro atoms. The quantitative estimate of drug-likeness (QED) is 0.0548. The van der Waals surface area contributed by atoms with E-state index in [1.54, 1.807) is 0 Å². The second-order valence-electron chi connectivity index (χ2n) is 15.0. The number of unbranched alkanes of at least 4 members (excludes halogenated alkanes) is 25. The van der Waals surface area contributed by atoms with Gasteiger partial charge in [0.25, 0.3) is 0 Å². The molecule has 0 heterocycles. The first kappa shape index (κ1) is 43.4. The van der Waals surface area contributed by atoms with E-state index in [0.717, 1.165) is 12.3 Å². The van der Waals surface area contributed by atoms with Gasteiger partial charge < -0.3 is 5.11 Å². The summed E-state index contributed by atoms with van der Waals surface area (Å²) >= 11 is 0. The number of hydrogen-bond donors (Lipinski definition) is 1. The number of hydrogen-bond acceptors (Lipinski definition) is 1. The van der Waals surface area contributed by atoms with Crippen molar-refractivity contribution in [1.82, 2.24) is 0 Å². The van der Waals surface area contributed by atoms with E-state index in [1.165, 1.54) is 199 Å². The highest BCUT2D eigenvalue weighted by atomic mass is 16.3. The Kier molecular flexibility index (Phi) is 34.8. The molecule has 0 aliphatic carbocycles. The van der Waals surface area contributed by atoms with Crippen LogP contribution in [0, 0.1) is 11.3 Å². The zero-order valence-corrected chi connectivity index (χ0v) is 31.2. The molecule has 0 rings (SSSR count). The lowest BCUT2D eigenvalue weighted by molar-refractivity contribution is 0.125. The van der Waals surface area contributed by atoms with Crippen molar-refractivity contribution in [3.05, 3.63) is 24.3 Å². The van der Waals surface area contributed by atoms with Gasteiger partial charge in [0.15, 0.2) is 0 Å². The van der Waals surface area contributed by atoms with Crippen LogP contribution in [0.4, 0.5) is 0 Å². The van der Waals surface area contributed by atoms with E-state index in [-0.39, 0.29) is 5.41 Å². The monoisotopic (exact) mass is 617 g/mol. The summed E-state index contributed by atoms with van der Waals surface area (Å²) in [6.45, 7) is 9.75. The van der Waals surface area contributed by atoms with Gasteiger partial charge in [-0.3, -0.25) is 0 Å². The van der Waals surface area contributed by atoms with E-state index in [0.29, 0.717) is 6.61 Å². The molecule has 0 fully saturated rings. The topological polar surface area (TPSA) is 20.2 Å². The van der Waals surface area contributed by atoms with Gasteiger partial charge >= 0.3 is 0 Å². The molecule has 0 aromatic rings. The minimum Gasteiger partial charge on any atom is -0.396 e. The summed E-state index contributed by atoms with van der Waals surface area (Å²) in [6.07, 6.45) is 53.6. The molecule has 44 heavy (non-hydrogen) atoms. The van der Waals surface area contributed by atoms with E-state index < -0.39 is 0 Å². The van der Waals surface area contributed by atoms with Gasteiger partial charge in [-0.15, -0.1) is 0 Å². The van der Waals surface area contributed by atoms with Crippen molar-refractivity contribution in [2.24, 2.45) is 11.3 Å². The third-order valence-electron chi connectivity index (χ3n) is 10.2. The molecule has 1 heteroatoms. The lowest BCUT2D eigenvalue weighted by Gasteiger charge is -2.34. The first-order valence-electron chi connectivity index (χ1n) is 20.5. The second kappa shape index (κ2) is 35.3. The average molecular weight is 617 g/mol. The number of aliphatic hydroxyl groups excluding tert-OH is 1. The molecule has 0 aliphatic rings. The Balaban J connectivity index is 3.78. The number of allylic oxidation sites excluding steroid dienone is 4. The average Bonchev–Trinajstić information content (AvgIpc) is 3.01. The van der Waals surface area contributed by atoms with Crippen LogP contribution in [-0.2, 0) is 0 Å². The standard InChI is InChI=1S/C43H84O/c1-5-7-9-11-13-15-17-19-21-23-25-27-29-31-33-35-37-39-42(43(3,4)40-41-44)38-36-34-32-30-28-26-24-22-20-18-16-14-12-10-8-6-2/h19-22,42,44H,5-18,23-41H2,1-4H3/b21-19-,22-20-. The fourth-order valence-electron chi connectivity index (χ4n) is 6.87. The van der Waals surface area contributed by atoms with E-state index in [2.05, 4.69) is 52.0 Å². The van der Waals surface area contributed by atoms with Gasteiger partial charge in [-0.1, -0.05) is 187 Å². The zero-order chi connectivity index (χ0) is 32.2. The molecule has 1 atom stereocenters. The Morgan fingerprint density at radius 1 is 0.409 bits per heavy atom. The summed E-state index contributed by atoms with van der Waals surface area (Å²) in [5, 5.41) is 9.67. The molecule has 0 radical (unpaired) electrons. The van der Waals surface area contributed by atoms with Crippen LogP contribution >= 0.6 is 0 Å². The first-order valence-corrected chi connectivity index (χ1v) is 20.5. The van der Waals surface area contributed by atoms with Gasteiger partial charge in [-0.2, -0.15) is 0 Å². The lowest BCUT2D eigenvalue weighted by Crippen LogP contribution is -2.25. The van der Waals surface area contributed by atoms with Crippen LogP contribution in [0.15, 0.2) is 24.3 Å². The summed E-state index contributed by atoms with van der Waals surface area (Å²) in [6, 6.07) is 0. The molecule has 1 nitrogen and oxygen atoms in total. The highest BCUT2D eigenvalue weighted by molar-refractivity contribution is 4.82. The molecule has 0 aromatic carbocycles. The first-order chi connectivity index (χ1) is 21.6. The molecule has 0 saturated carbocycles. The van der Waals surface area contributed by atoms with Crippen LogP contribution in [0.2, 0.25) is 0 Å². The van der Waals surface area contributed by atoms with Crippen LogP contribution in [0.3, 0.4) is 0 Å². The predicted octanol–water partition coefficient (Wildman–Crippen LogP) is 15.3. The fourth-order valence-corrected chi connectivity index (χ4v) is 6.87. The van der Waals surface area contributed by atoms with Crippen molar-refractivity contribution in [2.45, 2.75) is 233 Å². The largest absolute Gasteiger partial charge is 0.396 e. The van der Waals surface area contributed by atoms with Crippen LogP contribution in [0.25, 0.3) is 0 Å². The van der Waals surface area contributed by atoms with Crippen molar-refractivity contribution in [1.29, 1.82) is 0 Å². The van der Waals surface area contributed by atoms with Crippen molar-refractivity contribution >= 4 is 0 Å². The van der Waals surface area contributed by atoms with Gasteiger partial charge in [-0.25, -0.2) is 0 Å². The zero-order valence-electron chi connectivity index (χ0n) is 31.2. The molecule has 0 bridgehead atoms. The maximum absolute atomic E-state index is 9.67. The third-order valence-corrected chi connectivity index (χ3v) is 10.2. The summed E-state index contributed by atoms with van der Waals surface area (Å²) in [7, 11) is 0. The lowest BCUT2D eigenvalue weighted by atomic mass is 9.71. The third kappa shape index (κ3) is 31.4. The summed E-state index contributed by atoms with van der Waals surface area (Å²) < 4.78 is 0. The van der Waals surface area contributed by atoms with Crippen LogP contribution in [0.5, 0.6) is 0 Å². The summed E-state index contributed by atoms with van der Waals surface area (Å²) in [5.41, 5.74) is 0.277. The number of rotatable bonds is 36. The van der Waals surface area contributed by atoms with Crippen LogP contribution < -0.4 is 0 Å². The minimum atomic E-state index is 0.277. The molecule has 1 unspecified atom stereocenters. The van der Waals surface area contributed by atoms with Crippen LogP contribution in [0.1, 0.15) is 233 Å². The molecule has 0 saturated heterocycles. The highest BCUT2D eigenvalue weighted by Crippen LogP contribution is 2.38. The highest BCUT2D eigenvalue weighted by Gasteiger charge is 2.28. The molecular weight excluding hydrogens is 532 g/mol. The van der Waals surface area contributed by atoms with Gasteiger partial charge in [0.05, 0.1) is 0 Å². The SMILES string of the molecule is CCCCCCCC/C=C\CCCCCCCCCC(CCCCCCCC/C=C\CCCCCCCC)C(C)(C)CCO. The molecule has 0 aromatic heterocycles. The normalized spacial score (nSPS) is 13.1. The van der Waals surface area contributed by atoms with Gasteiger partial charge in [-0.05, 0) is 82.0 Å². The van der Waals surface area contributed by atoms with Crippen LogP contribution in [-0.4, -0.2) is 11.7 Å². The molecular formula is C43H84O. The van der Waals surface area contributed by atoms with Crippen molar-refractivity contribution in [2.75, 3.05) is 6.61 Å². The van der Waals surface area contributed by atoms with Gasteiger partial charge in [0, 0.05) is 6.61 Å². The summed E-state index contributed by atoms with van der Waals surface area (Å²) in [4.78, 5) is 0. The maximum atomic E-state index is 9.67. The Morgan fingerprint density at radius 3 is 0.977 bits per heavy atom. The van der Waals surface area contributed by atoms with E-state index in [9.17, 15) is 5.11 Å². The molecule has 262 valence electrons. The Labute approximate surface area is 279 Å². The van der Waals surface area contributed by atoms with E-state index in [1.807, 2.05) is 0 Å². The Morgan fingerprint density at radius 2 is 0.682 bits per heavy atom. The van der Waals surface area contributed by atoms with E-state index >= 15 is 0 Å². The van der Waals surface area contributed by atoms with Crippen molar-refractivity contribution in [3.8, 4) is 0 Å². The predicted molar refractivity (Wildman–Crippen MR) is 202 cm³/mol. The summed E-state index contributed by atoms with van der Waals surface area (Å²) in [5.74, 6) is 0.773. The van der Waals surface area contributed by atoms with Crippen molar-refractivity contribution in [3.63, 3.8) is 0 Å².